The lowest BCUT2D eigenvalue weighted by molar-refractivity contribution is 0.0995. The molecule has 0 radical (unpaired) electrons. The lowest BCUT2D eigenvalue weighted by Gasteiger charge is -2.06. The number of benzene rings is 1. The fourth-order valence-corrected chi connectivity index (χ4v) is 3.13. The van der Waals surface area contributed by atoms with Crippen LogP contribution >= 0.6 is 27.3 Å². The summed E-state index contributed by atoms with van der Waals surface area (Å²) in [7, 11) is 1.62. The predicted molar refractivity (Wildman–Crippen MR) is 73.0 cm³/mol. The summed E-state index contributed by atoms with van der Waals surface area (Å²) in [6, 6.07) is 9.48. The van der Waals surface area contributed by atoms with Crippen LogP contribution in [0.1, 0.15) is 15.2 Å². The van der Waals surface area contributed by atoms with E-state index in [-0.39, 0.29) is 5.78 Å². The zero-order chi connectivity index (χ0) is 12.3. The largest absolute Gasteiger partial charge is 0.496 e. The molecule has 88 valence electrons. The highest BCUT2D eigenvalue weighted by molar-refractivity contribution is 9.10. The van der Waals surface area contributed by atoms with Crippen molar-refractivity contribution < 1.29 is 9.53 Å². The number of ether oxygens (including phenoxy) is 1. The summed E-state index contributed by atoms with van der Waals surface area (Å²) in [4.78, 5) is 12.8. The number of ketones is 1. The maximum atomic E-state index is 12.1. The van der Waals surface area contributed by atoms with Crippen LogP contribution in [-0.2, 0) is 6.42 Å². The molecule has 0 aliphatic rings. The van der Waals surface area contributed by atoms with Crippen molar-refractivity contribution in [3.8, 4) is 5.75 Å². The first kappa shape index (κ1) is 12.3. The molecule has 0 aliphatic carbocycles. The molecule has 1 heterocycles. The number of methoxy groups -OCH3 is 1. The van der Waals surface area contributed by atoms with Gasteiger partial charge >= 0.3 is 0 Å². The molecule has 0 N–H and O–H groups in total. The number of carbonyl (C=O) groups excluding carboxylic acids is 1. The van der Waals surface area contributed by atoms with E-state index in [1.54, 1.807) is 7.11 Å². The highest BCUT2D eigenvalue weighted by Gasteiger charge is 2.14. The monoisotopic (exact) mass is 310 g/mol. The van der Waals surface area contributed by atoms with E-state index < -0.39 is 0 Å². The molecular formula is C13H11BrO2S. The minimum atomic E-state index is 0.108. The second kappa shape index (κ2) is 5.47. The molecule has 2 rings (SSSR count). The van der Waals surface area contributed by atoms with E-state index in [0.717, 1.165) is 20.7 Å². The van der Waals surface area contributed by atoms with Gasteiger partial charge in [-0.1, -0.05) is 18.2 Å². The number of Topliss-reactive ketones (excluding diaryl/α,β-unsaturated/α-hetero) is 1. The van der Waals surface area contributed by atoms with Crippen LogP contribution in [0.5, 0.6) is 5.75 Å². The van der Waals surface area contributed by atoms with Gasteiger partial charge in [0.05, 0.1) is 12.0 Å². The van der Waals surface area contributed by atoms with Crippen molar-refractivity contribution in [1.29, 1.82) is 0 Å². The average molecular weight is 311 g/mol. The van der Waals surface area contributed by atoms with Crippen molar-refractivity contribution in [3.05, 3.63) is 50.6 Å². The van der Waals surface area contributed by atoms with Crippen LogP contribution in [0.2, 0.25) is 0 Å². The summed E-state index contributed by atoms with van der Waals surface area (Å²) in [6.45, 7) is 0. The fourth-order valence-electron chi connectivity index (χ4n) is 1.59. The summed E-state index contributed by atoms with van der Waals surface area (Å²) >= 11 is 4.83. The standard InChI is InChI=1S/C13H11BrO2S/c1-16-12-5-3-2-4-9(12)8-11(15)13-10(14)6-7-17-13/h2-7H,8H2,1H3. The summed E-state index contributed by atoms with van der Waals surface area (Å²) in [5, 5.41) is 1.90. The third-order valence-electron chi connectivity index (χ3n) is 2.41. The van der Waals surface area contributed by atoms with Gasteiger partial charge in [0, 0.05) is 16.5 Å². The van der Waals surface area contributed by atoms with E-state index in [9.17, 15) is 4.79 Å². The Hall–Kier alpha value is -1.13. The third-order valence-corrected chi connectivity index (χ3v) is 4.29. The minimum Gasteiger partial charge on any atom is -0.496 e. The first-order valence-corrected chi connectivity index (χ1v) is 6.77. The number of halogens is 1. The van der Waals surface area contributed by atoms with Crippen LogP contribution in [-0.4, -0.2) is 12.9 Å². The lowest BCUT2D eigenvalue weighted by Crippen LogP contribution is -2.03. The van der Waals surface area contributed by atoms with Crippen LogP contribution in [0.3, 0.4) is 0 Å². The van der Waals surface area contributed by atoms with Crippen LogP contribution in [0.15, 0.2) is 40.2 Å². The molecule has 0 saturated heterocycles. The fraction of sp³-hybridized carbons (Fsp3) is 0.154. The molecule has 0 amide bonds. The van der Waals surface area contributed by atoms with Gasteiger partial charge in [-0.2, -0.15) is 0 Å². The van der Waals surface area contributed by atoms with Crippen molar-refractivity contribution in [1.82, 2.24) is 0 Å². The van der Waals surface area contributed by atoms with Gasteiger partial charge in [-0.15, -0.1) is 11.3 Å². The summed E-state index contributed by atoms with van der Waals surface area (Å²) in [6.07, 6.45) is 0.364. The molecule has 0 aliphatic heterocycles. The van der Waals surface area contributed by atoms with Gasteiger partial charge in [-0.25, -0.2) is 0 Å². The van der Waals surface area contributed by atoms with Crippen LogP contribution in [0.25, 0.3) is 0 Å². The van der Waals surface area contributed by atoms with E-state index in [2.05, 4.69) is 15.9 Å². The average Bonchev–Trinajstić information content (AvgIpc) is 2.76. The molecule has 0 saturated carbocycles. The molecule has 2 nitrogen and oxygen atoms in total. The molecule has 1 aromatic carbocycles. The predicted octanol–water partition coefficient (Wildman–Crippen LogP) is 3.94. The van der Waals surface area contributed by atoms with E-state index in [1.807, 2.05) is 35.7 Å². The zero-order valence-corrected chi connectivity index (χ0v) is 11.7. The molecule has 0 spiro atoms. The van der Waals surface area contributed by atoms with Gasteiger partial charge in [0.2, 0.25) is 0 Å². The van der Waals surface area contributed by atoms with E-state index in [1.165, 1.54) is 11.3 Å². The quantitative estimate of drug-likeness (QED) is 0.799. The Morgan fingerprint density at radius 3 is 2.76 bits per heavy atom. The number of thiophene rings is 1. The molecule has 0 atom stereocenters. The summed E-state index contributed by atoms with van der Waals surface area (Å²) in [5.74, 6) is 0.866. The van der Waals surface area contributed by atoms with Crippen molar-refractivity contribution in [2.24, 2.45) is 0 Å². The van der Waals surface area contributed by atoms with Crippen LogP contribution in [0.4, 0.5) is 0 Å². The highest BCUT2D eigenvalue weighted by atomic mass is 79.9. The van der Waals surface area contributed by atoms with E-state index in [0.29, 0.717) is 6.42 Å². The molecule has 0 unspecified atom stereocenters. The molecule has 2 aromatic rings. The first-order chi connectivity index (χ1) is 8.22. The Morgan fingerprint density at radius 2 is 2.12 bits per heavy atom. The Morgan fingerprint density at radius 1 is 1.35 bits per heavy atom. The number of hydrogen-bond donors (Lipinski definition) is 0. The van der Waals surface area contributed by atoms with Crippen molar-refractivity contribution in [2.45, 2.75) is 6.42 Å². The maximum absolute atomic E-state index is 12.1. The molecule has 4 heteroatoms. The third kappa shape index (κ3) is 2.76. The van der Waals surface area contributed by atoms with Crippen LogP contribution < -0.4 is 4.74 Å². The second-order valence-electron chi connectivity index (χ2n) is 3.51. The highest BCUT2D eigenvalue weighted by Crippen LogP contribution is 2.26. The van der Waals surface area contributed by atoms with Crippen molar-refractivity contribution >= 4 is 33.0 Å². The van der Waals surface area contributed by atoms with Gasteiger partial charge < -0.3 is 4.74 Å². The van der Waals surface area contributed by atoms with Crippen molar-refractivity contribution in [2.75, 3.05) is 7.11 Å². The SMILES string of the molecule is COc1ccccc1CC(=O)c1sccc1Br. The maximum Gasteiger partial charge on any atom is 0.178 e. The summed E-state index contributed by atoms with van der Waals surface area (Å²) < 4.78 is 6.10. The van der Waals surface area contributed by atoms with E-state index in [4.69, 9.17) is 4.74 Å². The van der Waals surface area contributed by atoms with Gasteiger partial charge in [0.15, 0.2) is 5.78 Å². The molecule has 0 bridgehead atoms. The second-order valence-corrected chi connectivity index (χ2v) is 5.28. The van der Waals surface area contributed by atoms with Crippen molar-refractivity contribution in [3.63, 3.8) is 0 Å². The Balaban J connectivity index is 2.22. The molecular weight excluding hydrogens is 300 g/mol. The smallest absolute Gasteiger partial charge is 0.178 e. The number of rotatable bonds is 4. The first-order valence-electron chi connectivity index (χ1n) is 5.10. The topological polar surface area (TPSA) is 26.3 Å². The number of hydrogen-bond acceptors (Lipinski definition) is 3. The van der Waals surface area contributed by atoms with Gasteiger partial charge in [0.25, 0.3) is 0 Å². The number of para-hydroxylation sites is 1. The molecule has 17 heavy (non-hydrogen) atoms. The Bertz CT molecular complexity index is 534. The van der Waals surface area contributed by atoms with Gasteiger partial charge in [0.1, 0.15) is 5.75 Å². The van der Waals surface area contributed by atoms with Crippen LogP contribution in [0, 0.1) is 0 Å². The lowest BCUT2D eigenvalue weighted by atomic mass is 10.1. The number of carbonyl (C=O) groups is 1. The zero-order valence-electron chi connectivity index (χ0n) is 9.27. The van der Waals surface area contributed by atoms with E-state index >= 15 is 0 Å². The molecule has 1 aromatic heterocycles. The minimum absolute atomic E-state index is 0.108. The Labute approximate surface area is 112 Å². The normalized spacial score (nSPS) is 10.2. The summed E-state index contributed by atoms with van der Waals surface area (Å²) in [5.41, 5.74) is 0.917. The van der Waals surface area contributed by atoms with Gasteiger partial charge in [-0.05, 0) is 33.4 Å². The van der Waals surface area contributed by atoms with Gasteiger partial charge in [-0.3, -0.25) is 4.79 Å². The Kier molecular flexibility index (Phi) is 3.97. The molecule has 0 fully saturated rings.